The Morgan fingerprint density at radius 3 is 2.67 bits per heavy atom. The quantitative estimate of drug-likeness (QED) is 0.281. The molecule has 2 N–H and O–H groups in total. The Morgan fingerprint density at radius 1 is 1.17 bits per heavy atom. The lowest BCUT2D eigenvalue weighted by atomic mass is 9.89. The maximum Gasteiger partial charge on any atom is 0.253 e. The molecule has 0 aliphatic heterocycles. The predicted molar refractivity (Wildman–Crippen MR) is 145 cm³/mol. The Hall–Kier alpha value is -3.33. The number of thioether (sulfide) groups is 1. The van der Waals surface area contributed by atoms with Gasteiger partial charge in [0.1, 0.15) is 5.75 Å². The zero-order valence-electron chi connectivity index (χ0n) is 21.1. The molecule has 1 aliphatic carbocycles. The molecule has 4 rings (SSSR count). The summed E-state index contributed by atoms with van der Waals surface area (Å²) in [6, 6.07) is 17.8. The number of amides is 1. The van der Waals surface area contributed by atoms with Gasteiger partial charge in [0.15, 0.2) is 11.0 Å². The van der Waals surface area contributed by atoms with E-state index >= 15 is 0 Å². The molecule has 0 radical (unpaired) electrons. The number of carbonyl (C=O) groups is 1. The lowest BCUT2D eigenvalue weighted by molar-refractivity contribution is -0.120. The summed E-state index contributed by atoms with van der Waals surface area (Å²) in [7, 11) is 0. The molecule has 0 saturated heterocycles. The molecule has 2 atom stereocenters. The molecule has 9 heteroatoms. The van der Waals surface area contributed by atoms with Crippen molar-refractivity contribution in [2.45, 2.75) is 63.4 Å². The Bertz CT molecular complexity index is 1160. The van der Waals surface area contributed by atoms with Crippen molar-refractivity contribution in [1.29, 1.82) is 0 Å². The first kappa shape index (κ1) is 25.8. The van der Waals surface area contributed by atoms with Crippen molar-refractivity contribution in [3.05, 3.63) is 60.4 Å². The first-order chi connectivity index (χ1) is 17.5. The van der Waals surface area contributed by atoms with E-state index in [9.17, 15) is 4.79 Å². The van der Waals surface area contributed by atoms with Crippen molar-refractivity contribution >= 4 is 29.1 Å². The molecule has 1 aliphatic rings. The van der Waals surface area contributed by atoms with Gasteiger partial charge >= 0.3 is 0 Å². The Balaban J connectivity index is 1.47. The molecule has 3 aromatic rings. The SMILES string of the molecule is CCOc1ccc(NCc2nnc(S[C@H](C)C(=O)NN=C3CCCC[C@@H]3C)n2-c2ccccc2)cc1. The van der Waals surface area contributed by atoms with Crippen LogP contribution < -0.4 is 15.5 Å². The zero-order chi connectivity index (χ0) is 25.3. The molecule has 1 amide bonds. The van der Waals surface area contributed by atoms with Crippen LogP contribution in [-0.2, 0) is 11.3 Å². The fourth-order valence-electron chi connectivity index (χ4n) is 4.11. The van der Waals surface area contributed by atoms with Gasteiger partial charge in [0, 0.05) is 17.1 Å². The highest BCUT2D eigenvalue weighted by Gasteiger charge is 2.22. The molecule has 190 valence electrons. The molecule has 0 unspecified atom stereocenters. The highest BCUT2D eigenvalue weighted by atomic mass is 32.2. The number of hydrogen-bond acceptors (Lipinski definition) is 7. The van der Waals surface area contributed by atoms with Crippen LogP contribution in [-0.4, -0.2) is 38.2 Å². The van der Waals surface area contributed by atoms with Crippen molar-refractivity contribution in [2.24, 2.45) is 11.0 Å². The Kier molecular flexibility index (Phi) is 9.00. The predicted octanol–water partition coefficient (Wildman–Crippen LogP) is 5.44. The van der Waals surface area contributed by atoms with Gasteiger partial charge in [-0.15, -0.1) is 10.2 Å². The fraction of sp³-hybridized carbons (Fsp3) is 0.407. The summed E-state index contributed by atoms with van der Waals surface area (Å²) in [6.07, 6.45) is 4.45. The van der Waals surface area contributed by atoms with E-state index in [1.54, 1.807) is 0 Å². The van der Waals surface area contributed by atoms with Crippen LogP contribution in [0.5, 0.6) is 5.75 Å². The van der Waals surface area contributed by atoms with E-state index in [0.29, 0.717) is 24.2 Å². The fourth-order valence-corrected chi connectivity index (χ4v) is 4.99. The average molecular weight is 507 g/mol. The van der Waals surface area contributed by atoms with E-state index in [1.807, 2.05) is 73.0 Å². The van der Waals surface area contributed by atoms with E-state index < -0.39 is 0 Å². The van der Waals surface area contributed by atoms with Crippen LogP contribution in [0.4, 0.5) is 5.69 Å². The number of aromatic nitrogens is 3. The number of nitrogens with one attached hydrogen (secondary N) is 2. The summed E-state index contributed by atoms with van der Waals surface area (Å²) in [5.74, 6) is 1.88. The van der Waals surface area contributed by atoms with Crippen molar-refractivity contribution < 1.29 is 9.53 Å². The highest BCUT2D eigenvalue weighted by molar-refractivity contribution is 8.00. The number of carbonyl (C=O) groups excluding carboxylic acids is 1. The molecule has 0 spiro atoms. The topological polar surface area (TPSA) is 93.4 Å². The van der Waals surface area contributed by atoms with Crippen LogP contribution in [0.15, 0.2) is 64.9 Å². The van der Waals surface area contributed by atoms with Gasteiger partial charge in [0.05, 0.1) is 18.4 Å². The van der Waals surface area contributed by atoms with Crippen LogP contribution in [0.1, 0.15) is 52.3 Å². The summed E-state index contributed by atoms with van der Waals surface area (Å²) in [5, 5.41) is 17.0. The minimum atomic E-state index is -0.383. The Labute approximate surface area is 216 Å². The summed E-state index contributed by atoms with van der Waals surface area (Å²) >= 11 is 1.37. The standard InChI is InChI=1S/C27H34N6O2S/c1-4-35-23-16-14-21(15-17-23)28-18-25-30-32-27(33(25)22-11-6-5-7-12-22)36-20(3)26(34)31-29-24-13-9-8-10-19(24)2/h5-7,11-12,14-17,19-20,28H,4,8-10,13,18H2,1-3H3,(H,31,34)/t19-,20+/m0/s1. The highest BCUT2D eigenvalue weighted by Crippen LogP contribution is 2.27. The molecule has 36 heavy (non-hydrogen) atoms. The van der Waals surface area contributed by atoms with Crippen LogP contribution in [0, 0.1) is 5.92 Å². The lowest BCUT2D eigenvalue weighted by Gasteiger charge is -2.20. The smallest absolute Gasteiger partial charge is 0.253 e. The molecule has 1 heterocycles. The van der Waals surface area contributed by atoms with Gasteiger partial charge in [-0.25, -0.2) is 5.43 Å². The summed E-state index contributed by atoms with van der Waals surface area (Å²) < 4.78 is 7.51. The molecule has 2 aromatic carbocycles. The van der Waals surface area contributed by atoms with E-state index in [1.165, 1.54) is 18.2 Å². The molecular formula is C27H34N6O2S. The van der Waals surface area contributed by atoms with Gasteiger partial charge in [-0.1, -0.05) is 43.3 Å². The van der Waals surface area contributed by atoms with Crippen molar-refractivity contribution in [1.82, 2.24) is 20.2 Å². The number of para-hydroxylation sites is 1. The van der Waals surface area contributed by atoms with Gasteiger partial charge in [0.25, 0.3) is 5.91 Å². The van der Waals surface area contributed by atoms with Crippen LogP contribution in [0.25, 0.3) is 5.69 Å². The number of anilines is 1. The van der Waals surface area contributed by atoms with Gasteiger partial charge in [-0.05, 0) is 75.4 Å². The minimum absolute atomic E-state index is 0.137. The molecule has 0 bridgehead atoms. The third-order valence-electron chi connectivity index (χ3n) is 6.18. The second-order valence-corrected chi connectivity index (χ2v) is 10.2. The molecule has 1 aromatic heterocycles. The Morgan fingerprint density at radius 2 is 1.94 bits per heavy atom. The molecule has 1 fully saturated rings. The molecule has 1 saturated carbocycles. The largest absolute Gasteiger partial charge is 0.494 e. The molecule has 8 nitrogen and oxygen atoms in total. The van der Waals surface area contributed by atoms with Crippen molar-refractivity contribution in [3.63, 3.8) is 0 Å². The molecular weight excluding hydrogens is 472 g/mol. The second kappa shape index (κ2) is 12.6. The maximum absolute atomic E-state index is 12.8. The third kappa shape index (κ3) is 6.66. The summed E-state index contributed by atoms with van der Waals surface area (Å²) in [6.45, 7) is 7.12. The normalized spacial score (nSPS) is 17.5. The monoisotopic (exact) mass is 506 g/mol. The van der Waals surface area contributed by atoms with Crippen LogP contribution in [0.2, 0.25) is 0 Å². The minimum Gasteiger partial charge on any atom is -0.494 e. The number of rotatable bonds is 10. The summed E-state index contributed by atoms with van der Waals surface area (Å²) in [5.41, 5.74) is 5.76. The van der Waals surface area contributed by atoms with Gasteiger partial charge in [0.2, 0.25) is 0 Å². The number of nitrogens with zero attached hydrogens (tertiary/aromatic N) is 4. The van der Waals surface area contributed by atoms with E-state index in [0.717, 1.165) is 47.9 Å². The first-order valence-corrected chi connectivity index (χ1v) is 13.4. The lowest BCUT2D eigenvalue weighted by Crippen LogP contribution is -2.30. The van der Waals surface area contributed by atoms with Gasteiger partial charge in [-0.3, -0.25) is 9.36 Å². The maximum atomic E-state index is 12.8. The third-order valence-corrected chi connectivity index (χ3v) is 7.22. The van der Waals surface area contributed by atoms with Crippen LogP contribution >= 0.6 is 11.8 Å². The van der Waals surface area contributed by atoms with Gasteiger partial charge < -0.3 is 10.1 Å². The number of benzene rings is 2. The van der Waals surface area contributed by atoms with E-state index in [2.05, 4.69) is 33.0 Å². The van der Waals surface area contributed by atoms with Gasteiger partial charge in [-0.2, -0.15) is 5.10 Å². The summed E-state index contributed by atoms with van der Waals surface area (Å²) in [4.78, 5) is 12.8. The number of hydrazone groups is 1. The van der Waals surface area contributed by atoms with Crippen molar-refractivity contribution in [3.8, 4) is 11.4 Å². The number of hydrogen-bond donors (Lipinski definition) is 2. The first-order valence-electron chi connectivity index (χ1n) is 12.5. The van der Waals surface area contributed by atoms with Crippen molar-refractivity contribution in [2.75, 3.05) is 11.9 Å². The number of ether oxygens (including phenoxy) is 1. The van der Waals surface area contributed by atoms with E-state index in [4.69, 9.17) is 4.74 Å². The van der Waals surface area contributed by atoms with E-state index in [-0.39, 0.29) is 11.2 Å². The average Bonchev–Trinajstić information content (AvgIpc) is 3.30. The zero-order valence-corrected chi connectivity index (χ0v) is 21.9. The second-order valence-electron chi connectivity index (χ2n) is 8.87. The van der Waals surface area contributed by atoms with Crippen LogP contribution in [0.3, 0.4) is 0 Å².